The maximum absolute atomic E-state index is 12.3. The molecule has 0 radical (unpaired) electrons. The lowest BCUT2D eigenvalue weighted by Crippen LogP contribution is -2.46. The number of aromatic amines is 1. The minimum atomic E-state index is -0.413. The van der Waals surface area contributed by atoms with Crippen molar-refractivity contribution in [3.05, 3.63) is 30.0 Å². The maximum Gasteiger partial charge on any atom is 0.253 e. The van der Waals surface area contributed by atoms with E-state index in [-0.39, 0.29) is 5.91 Å². The number of ether oxygens (including phenoxy) is 1. The van der Waals surface area contributed by atoms with E-state index in [9.17, 15) is 4.79 Å². The van der Waals surface area contributed by atoms with Crippen LogP contribution in [0.4, 0.5) is 5.69 Å². The number of nitrogens with one attached hydrogen (secondary N) is 2. The van der Waals surface area contributed by atoms with Crippen LogP contribution in [0.1, 0.15) is 24.2 Å². The highest BCUT2D eigenvalue weighted by Crippen LogP contribution is 2.21. The number of methoxy groups -OCH3 is 1. The molecular weight excluding hydrogens is 242 g/mol. The van der Waals surface area contributed by atoms with Gasteiger partial charge in [0.05, 0.1) is 17.7 Å². The van der Waals surface area contributed by atoms with Crippen LogP contribution in [0.5, 0.6) is 0 Å². The van der Waals surface area contributed by atoms with Crippen molar-refractivity contribution in [2.45, 2.75) is 19.4 Å². The van der Waals surface area contributed by atoms with Gasteiger partial charge in [0.2, 0.25) is 0 Å². The second-order valence-corrected chi connectivity index (χ2v) is 5.28. The van der Waals surface area contributed by atoms with Gasteiger partial charge in [-0.15, -0.1) is 0 Å². The van der Waals surface area contributed by atoms with Gasteiger partial charge in [0.1, 0.15) is 0 Å². The molecule has 0 aliphatic rings. The summed E-state index contributed by atoms with van der Waals surface area (Å²) in [6.45, 7) is 4.29. The quantitative estimate of drug-likeness (QED) is 0.735. The molecule has 0 spiro atoms. The number of carbonyl (C=O) groups excluding carboxylic acids is 1. The summed E-state index contributed by atoms with van der Waals surface area (Å²) < 4.78 is 5.09. The van der Waals surface area contributed by atoms with Gasteiger partial charge in [-0.25, -0.2) is 0 Å². The Labute approximate surface area is 112 Å². The summed E-state index contributed by atoms with van der Waals surface area (Å²) in [4.78, 5) is 15.3. The summed E-state index contributed by atoms with van der Waals surface area (Å²) in [5.74, 6) is -0.127. The third-order valence-corrected chi connectivity index (χ3v) is 2.91. The summed E-state index contributed by atoms with van der Waals surface area (Å²) in [6.07, 6.45) is 1.70. The molecule has 5 nitrogen and oxygen atoms in total. The maximum atomic E-state index is 12.3. The van der Waals surface area contributed by atoms with E-state index >= 15 is 0 Å². The first-order valence-corrected chi connectivity index (χ1v) is 6.11. The summed E-state index contributed by atoms with van der Waals surface area (Å²) in [5.41, 5.74) is 7.43. The number of anilines is 1. The lowest BCUT2D eigenvalue weighted by molar-refractivity contribution is 0.0821. The first kappa shape index (κ1) is 13.4. The molecule has 5 heteroatoms. The molecule has 19 heavy (non-hydrogen) atoms. The second-order valence-electron chi connectivity index (χ2n) is 5.28. The molecule has 0 aliphatic carbocycles. The van der Waals surface area contributed by atoms with Gasteiger partial charge >= 0.3 is 0 Å². The van der Waals surface area contributed by atoms with Crippen molar-refractivity contribution in [1.29, 1.82) is 0 Å². The number of carbonyl (C=O) groups is 1. The molecule has 2 aromatic rings. The fourth-order valence-electron chi connectivity index (χ4n) is 2.10. The Hall–Kier alpha value is -2.01. The van der Waals surface area contributed by atoms with E-state index in [0.29, 0.717) is 17.9 Å². The van der Waals surface area contributed by atoms with Crippen LogP contribution in [0.25, 0.3) is 10.9 Å². The predicted molar refractivity (Wildman–Crippen MR) is 76.1 cm³/mol. The molecule has 1 amide bonds. The lowest BCUT2D eigenvalue weighted by atomic mass is 10.1. The van der Waals surface area contributed by atoms with Crippen molar-refractivity contribution in [3.8, 4) is 0 Å². The van der Waals surface area contributed by atoms with Gasteiger partial charge in [-0.05, 0) is 32.0 Å². The zero-order valence-electron chi connectivity index (χ0n) is 11.4. The number of rotatable bonds is 4. The van der Waals surface area contributed by atoms with Crippen LogP contribution >= 0.6 is 0 Å². The molecule has 0 aliphatic heterocycles. The van der Waals surface area contributed by atoms with Gasteiger partial charge in [0.25, 0.3) is 5.91 Å². The van der Waals surface area contributed by atoms with E-state index in [1.807, 2.05) is 26.0 Å². The van der Waals surface area contributed by atoms with Crippen LogP contribution in [-0.4, -0.2) is 30.1 Å². The monoisotopic (exact) mass is 261 g/mol. The normalized spacial score (nSPS) is 11.7. The van der Waals surface area contributed by atoms with Crippen LogP contribution in [-0.2, 0) is 4.74 Å². The van der Waals surface area contributed by atoms with Crippen LogP contribution < -0.4 is 11.1 Å². The highest BCUT2D eigenvalue weighted by atomic mass is 16.5. The third-order valence-electron chi connectivity index (χ3n) is 2.91. The van der Waals surface area contributed by atoms with Crippen LogP contribution in [0, 0.1) is 0 Å². The van der Waals surface area contributed by atoms with Crippen molar-refractivity contribution < 1.29 is 9.53 Å². The van der Waals surface area contributed by atoms with Gasteiger partial charge in [0.15, 0.2) is 0 Å². The topological polar surface area (TPSA) is 80.1 Å². The fraction of sp³-hybridized carbons (Fsp3) is 0.357. The predicted octanol–water partition coefficient (Wildman–Crippen LogP) is 1.90. The number of hydrogen-bond donors (Lipinski definition) is 3. The molecule has 1 aromatic carbocycles. The van der Waals surface area contributed by atoms with Gasteiger partial charge in [0, 0.05) is 29.9 Å². The van der Waals surface area contributed by atoms with E-state index in [1.165, 1.54) is 0 Å². The largest absolute Gasteiger partial charge is 0.399 e. The van der Waals surface area contributed by atoms with Crippen LogP contribution in [0.15, 0.2) is 24.4 Å². The number of amides is 1. The third kappa shape index (κ3) is 2.88. The Bertz CT molecular complexity index is 602. The molecule has 4 N–H and O–H groups in total. The van der Waals surface area contributed by atoms with Gasteiger partial charge < -0.3 is 20.8 Å². The van der Waals surface area contributed by atoms with E-state index in [1.54, 1.807) is 19.4 Å². The first-order valence-electron chi connectivity index (χ1n) is 6.11. The number of nitrogens with two attached hydrogens (primary N) is 1. The molecule has 0 bridgehead atoms. The number of nitrogen functional groups attached to an aromatic ring is 1. The Kier molecular flexibility index (Phi) is 3.48. The molecule has 0 saturated carbocycles. The number of fused-ring (bicyclic) bond motifs is 1. The second kappa shape index (κ2) is 4.93. The first-order chi connectivity index (χ1) is 8.93. The van der Waals surface area contributed by atoms with Crippen molar-refractivity contribution in [3.63, 3.8) is 0 Å². The Morgan fingerprint density at radius 2 is 2.21 bits per heavy atom. The Balaban J connectivity index is 2.27. The van der Waals surface area contributed by atoms with Crippen molar-refractivity contribution in [2.24, 2.45) is 0 Å². The van der Waals surface area contributed by atoms with E-state index in [2.05, 4.69) is 10.3 Å². The zero-order valence-corrected chi connectivity index (χ0v) is 11.4. The minimum Gasteiger partial charge on any atom is -0.399 e. The SMILES string of the molecule is COCC(C)(C)NC(=O)c1c[nH]c2cc(N)ccc12. The fourth-order valence-corrected chi connectivity index (χ4v) is 2.10. The summed E-state index contributed by atoms with van der Waals surface area (Å²) in [7, 11) is 1.61. The highest BCUT2D eigenvalue weighted by molar-refractivity contribution is 6.07. The van der Waals surface area contributed by atoms with Gasteiger partial charge in [-0.1, -0.05) is 0 Å². The van der Waals surface area contributed by atoms with Crippen molar-refractivity contribution >= 4 is 22.5 Å². The average molecular weight is 261 g/mol. The van der Waals surface area contributed by atoms with Gasteiger partial charge in [-0.3, -0.25) is 4.79 Å². The molecular formula is C14H19N3O2. The van der Waals surface area contributed by atoms with Crippen molar-refractivity contribution in [2.75, 3.05) is 19.5 Å². The summed E-state index contributed by atoms with van der Waals surface area (Å²) in [5, 5.41) is 3.81. The van der Waals surface area contributed by atoms with E-state index < -0.39 is 5.54 Å². The van der Waals surface area contributed by atoms with E-state index in [4.69, 9.17) is 10.5 Å². The number of aromatic nitrogens is 1. The number of H-pyrrole nitrogens is 1. The number of benzene rings is 1. The molecule has 0 unspecified atom stereocenters. The molecule has 0 atom stereocenters. The molecule has 1 heterocycles. The van der Waals surface area contributed by atoms with Crippen LogP contribution in [0.3, 0.4) is 0 Å². The summed E-state index contributed by atoms with van der Waals surface area (Å²) in [6, 6.07) is 5.44. The molecule has 102 valence electrons. The van der Waals surface area contributed by atoms with Crippen LogP contribution in [0.2, 0.25) is 0 Å². The zero-order chi connectivity index (χ0) is 14.0. The Morgan fingerprint density at radius 3 is 2.89 bits per heavy atom. The average Bonchev–Trinajstić information content (AvgIpc) is 2.70. The lowest BCUT2D eigenvalue weighted by Gasteiger charge is -2.25. The minimum absolute atomic E-state index is 0.127. The smallest absolute Gasteiger partial charge is 0.253 e. The highest BCUT2D eigenvalue weighted by Gasteiger charge is 2.22. The standard InChI is InChI=1S/C14H19N3O2/c1-14(2,8-19-3)17-13(18)11-7-16-12-6-9(15)4-5-10(11)12/h4-7,16H,8,15H2,1-3H3,(H,17,18). The molecule has 2 rings (SSSR count). The van der Waals surface area contributed by atoms with E-state index in [0.717, 1.165) is 10.9 Å². The van der Waals surface area contributed by atoms with Gasteiger partial charge in [-0.2, -0.15) is 0 Å². The summed E-state index contributed by atoms with van der Waals surface area (Å²) >= 11 is 0. The molecule has 0 fully saturated rings. The Morgan fingerprint density at radius 1 is 1.47 bits per heavy atom. The molecule has 0 saturated heterocycles. The molecule has 1 aromatic heterocycles. The number of hydrogen-bond acceptors (Lipinski definition) is 3. The van der Waals surface area contributed by atoms with Crippen molar-refractivity contribution in [1.82, 2.24) is 10.3 Å².